The summed E-state index contributed by atoms with van der Waals surface area (Å²) in [6.45, 7) is 7.57. The van der Waals surface area contributed by atoms with E-state index in [1.165, 1.54) is 11.0 Å². The van der Waals surface area contributed by atoms with Crippen LogP contribution in [0.3, 0.4) is 0 Å². The number of halogens is 2. The average Bonchev–Trinajstić information content (AvgIpc) is 2.78. The van der Waals surface area contributed by atoms with Crippen LogP contribution in [0.15, 0.2) is 42.5 Å². The third-order valence-corrected chi connectivity index (χ3v) is 6.96. The standard InChI is InChI=1S/C26H35F2N3O4S/c1-6-24(26(33)29-18(2)3)30(17-20-11-8-7-10-19(20)4)25(32)12-9-15-31(36(5,34)35)21-13-14-22(27)23(28)16-21/h7-8,10-11,13-14,16,18,24H,6,9,12,15,17H2,1-5H3,(H,29,33)/t24-/m1/s1. The number of nitrogens with zero attached hydrogens (tertiary/aromatic N) is 2. The maximum atomic E-state index is 13.7. The third-order valence-electron chi connectivity index (χ3n) is 5.76. The Labute approximate surface area is 212 Å². The minimum absolute atomic E-state index is 0.0247. The van der Waals surface area contributed by atoms with E-state index in [0.717, 1.165) is 33.8 Å². The molecule has 2 aromatic rings. The predicted molar refractivity (Wildman–Crippen MR) is 137 cm³/mol. The molecule has 0 radical (unpaired) electrons. The molecule has 0 bridgehead atoms. The molecular formula is C26H35F2N3O4S. The monoisotopic (exact) mass is 523 g/mol. The molecule has 0 fully saturated rings. The summed E-state index contributed by atoms with van der Waals surface area (Å²) in [4.78, 5) is 27.8. The van der Waals surface area contributed by atoms with E-state index >= 15 is 0 Å². The highest BCUT2D eigenvalue weighted by Crippen LogP contribution is 2.22. The fourth-order valence-electron chi connectivity index (χ4n) is 3.92. The molecule has 0 aliphatic heterocycles. The molecule has 0 saturated carbocycles. The number of anilines is 1. The second-order valence-corrected chi connectivity index (χ2v) is 11.0. The number of hydrogen-bond acceptors (Lipinski definition) is 4. The van der Waals surface area contributed by atoms with Gasteiger partial charge in [-0.15, -0.1) is 0 Å². The van der Waals surface area contributed by atoms with Crippen LogP contribution in [-0.2, 0) is 26.2 Å². The van der Waals surface area contributed by atoms with Crippen molar-refractivity contribution in [1.29, 1.82) is 0 Å². The van der Waals surface area contributed by atoms with Crippen LogP contribution >= 0.6 is 0 Å². The van der Waals surface area contributed by atoms with E-state index in [4.69, 9.17) is 0 Å². The van der Waals surface area contributed by atoms with Crippen LogP contribution in [0.5, 0.6) is 0 Å². The molecule has 0 saturated heterocycles. The van der Waals surface area contributed by atoms with Crippen molar-refractivity contribution >= 4 is 27.5 Å². The smallest absolute Gasteiger partial charge is 0.243 e. The van der Waals surface area contributed by atoms with Crippen molar-refractivity contribution in [3.63, 3.8) is 0 Å². The van der Waals surface area contributed by atoms with Crippen molar-refractivity contribution in [1.82, 2.24) is 10.2 Å². The molecule has 36 heavy (non-hydrogen) atoms. The minimum atomic E-state index is -3.81. The molecule has 0 aliphatic rings. The van der Waals surface area contributed by atoms with E-state index < -0.39 is 27.7 Å². The Kier molecular flexibility index (Phi) is 10.4. The molecular weight excluding hydrogens is 488 g/mol. The van der Waals surface area contributed by atoms with Crippen LogP contribution in [0.25, 0.3) is 0 Å². The topological polar surface area (TPSA) is 86.8 Å². The summed E-state index contributed by atoms with van der Waals surface area (Å²) in [6.07, 6.45) is 1.45. The SMILES string of the molecule is CC[C@H](C(=O)NC(C)C)N(Cc1ccccc1C)C(=O)CCCN(c1ccc(F)c(F)c1)S(C)(=O)=O. The van der Waals surface area contributed by atoms with Crippen molar-refractivity contribution in [3.05, 3.63) is 65.2 Å². The van der Waals surface area contributed by atoms with E-state index in [0.29, 0.717) is 6.42 Å². The molecule has 1 atom stereocenters. The largest absolute Gasteiger partial charge is 0.352 e. The van der Waals surface area contributed by atoms with Gasteiger partial charge < -0.3 is 10.2 Å². The van der Waals surface area contributed by atoms with Gasteiger partial charge in [-0.1, -0.05) is 31.2 Å². The van der Waals surface area contributed by atoms with Gasteiger partial charge in [0.2, 0.25) is 21.8 Å². The zero-order valence-electron chi connectivity index (χ0n) is 21.4. The highest BCUT2D eigenvalue weighted by molar-refractivity contribution is 7.92. The second kappa shape index (κ2) is 12.8. The lowest BCUT2D eigenvalue weighted by Gasteiger charge is -2.32. The van der Waals surface area contributed by atoms with Gasteiger partial charge in [-0.3, -0.25) is 13.9 Å². The average molecular weight is 524 g/mol. The van der Waals surface area contributed by atoms with E-state index in [-0.39, 0.29) is 49.5 Å². The number of aryl methyl sites for hydroxylation is 1. The number of benzene rings is 2. The molecule has 0 unspecified atom stereocenters. The van der Waals surface area contributed by atoms with Crippen LogP contribution < -0.4 is 9.62 Å². The third kappa shape index (κ3) is 8.01. The lowest BCUT2D eigenvalue weighted by Crippen LogP contribution is -2.50. The van der Waals surface area contributed by atoms with Gasteiger partial charge in [0, 0.05) is 31.6 Å². The van der Waals surface area contributed by atoms with Gasteiger partial charge in [0.1, 0.15) is 6.04 Å². The number of amides is 2. The minimum Gasteiger partial charge on any atom is -0.352 e. The molecule has 2 rings (SSSR count). The van der Waals surface area contributed by atoms with Gasteiger partial charge in [-0.25, -0.2) is 17.2 Å². The van der Waals surface area contributed by atoms with Crippen molar-refractivity contribution in [2.24, 2.45) is 0 Å². The van der Waals surface area contributed by atoms with E-state index in [1.54, 1.807) is 0 Å². The Morgan fingerprint density at radius 1 is 1.06 bits per heavy atom. The van der Waals surface area contributed by atoms with E-state index in [9.17, 15) is 26.8 Å². The first-order valence-corrected chi connectivity index (χ1v) is 13.8. The molecule has 7 nitrogen and oxygen atoms in total. The first kappa shape index (κ1) is 29.2. The highest BCUT2D eigenvalue weighted by atomic mass is 32.2. The highest BCUT2D eigenvalue weighted by Gasteiger charge is 2.29. The quantitative estimate of drug-likeness (QED) is 0.453. The van der Waals surface area contributed by atoms with Gasteiger partial charge in [-0.05, 0) is 56.9 Å². The Bertz CT molecular complexity index is 1170. The Morgan fingerprint density at radius 3 is 2.28 bits per heavy atom. The van der Waals surface area contributed by atoms with Crippen LogP contribution in [0, 0.1) is 18.6 Å². The normalized spacial score (nSPS) is 12.3. The van der Waals surface area contributed by atoms with Crippen LogP contribution in [0.1, 0.15) is 51.2 Å². The van der Waals surface area contributed by atoms with Gasteiger partial charge in [0.15, 0.2) is 11.6 Å². The number of nitrogens with one attached hydrogen (secondary N) is 1. The predicted octanol–water partition coefficient (Wildman–Crippen LogP) is 4.15. The molecule has 0 spiro atoms. The number of sulfonamides is 1. The maximum Gasteiger partial charge on any atom is 0.243 e. The Morgan fingerprint density at radius 2 is 1.72 bits per heavy atom. The number of hydrogen-bond donors (Lipinski definition) is 1. The first-order chi connectivity index (χ1) is 16.8. The summed E-state index contributed by atoms with van der Waals surface area (Å²) in [5.41, 5.74) is 1.86. The zero-order chi connectivity index (χ0) is 27.0. The summed E-state index contributed by atoms with van der Waals surface area (Å²) >= 11 is 0. The van der Waals surface area contributed by atoms with E-state index in [1.807, 2.05) is 52.0 Å². The summed E-state index contributed by atoms with van der Waals surface area (Å²) in [6, 6.07) is 9.64. The van der Waals surface area contributed by atoms with E-state index in [2.05, 4.69) is 5.32 Å². The molecule has 10 heteroatoms. The molecule has 0 aliphatic carbocycles. The molecule has 1 N–H and O–H groups in total. The summed E-state index contributed by atoms with van der Waals surface area (Å²) < 4.78 is 52.7. The van der Waals surface area contributed by atoms with Gasteiger partial charge in [-0.2, -0.15) is 0 Å². The van der Waals surface area contributed by atoms with Gasteiger partial charge >= 0.3 is 0 Å². The fourth-order valence-corrected chi connectivity index (χ4v) is 4.87. The molecule has 0 aromatic heterocycles. The second-order valence-electron chi connectivity index (χ2n) is 9.07. The summed E-state index contributed by atoms with van der Waals surface area (Å²) in [5.74, 6) is -2.81. The van der Waals surface area contributed by atoms with Crippen molar-refractivity contribution in [2.45, 2.75) is 65.6 Å². The van der Waals surface area contributed by atoms with Crippen molar-refractivity contribution < 1.29 is 26.8 Å². The maximum absolute atomic E-state index is 13.7. The van der Waals surface area contributed by atoms with Crippen LogP contribution in [-0.4, -0.2) is 50.0 Å². The molecule has 0 heterocycles. The van der Waals surface area contributed by atoms with Crippen molar-refractivity contribution in [3.8, 4) is 0 Å². The van der Waals surface area contributed by atoms with Crippen LogP contribution in [0.2, 0.25) is 0 Å². The Balaban J connectivity index is 2.24. The summed E-state index contributed by atoms with van der Waals surface area (Å²) in [5, 5.41) is 2.87. The number of rotatable bonds is 12. The fraction of sp³-hybridized carbons (Fsp3) is 0.462. The Hall–Kier alpha value is -3.01. The lowest BCUT2D eigenvalue weighted by molar-refractivity contribution is -0.141. The first-order valence-electron chi connectivity index (χ1n) is 11.9. The number of carbonyl (C=O) groups excluding carboxylic acids is 2. The lowest BCUT2D eigenvalue weighted by atomic mass is 10.0. The molecule has 198 valence electrons. The van der Waals surface area contributed by atoms with Crippen molar-refractivity contribution in [2.75, 3.05) is 17.1 Å². The molecule has 2 amide bonds. The number of carbonyl (C=O) groups is 2. The summed E-state index contributed by atoms with van der Waals surface area (Å²) in [7, 11) is -3.81. The molecule has 2 aromatic carbocycles. The zero-order valence-corrected chi connectivity index (χ0v) is 22.2. The van der Waals surface area contributed by atoms with Gasteiger partial charge in [0.05, 0.1) is 11.9 Å². The van der Waals surface area contributed by atoms with Crippen LogP contribution in [0.4, 0.5) is 14.5 Å². The van der Waals surface area contributed by atoms with Gasteiger partial charge in [0.25, 0.3) is 0 Å².